The van der Waals surface area contributed by atoms with Gasteiger partial charge in [-0.25, -0.2) is 9.97 Å². The molecule has 0 radical (unpaired) electrons. The fraction of sp³-hybridized carbons (Fsp3) is 0.111. The van der Waals surface area contributed by atoms with Crippen molar-refractivity contribution in [2.45, 2.75) is 23.8 Å². The van der Waals surface area contributed by atoms with E-state index >= 15 is 0 Å². The normalized spacial score (nSPS) is 11.0. The molecule has 2 heterocycles. The first-order chi connectivity index (χ1) is 12.7. The van der Waals surface area contributed by atoms with E-state index in [2.05, 4.69) is 20.2 Å². The van der Waals surface area contributed by atoms with Gasteiger partial charge in [0.05, 0.1) is 5.52 Å². The highest BCUT2D eigenvalue weighted by atomic mass is 35.5. The lowest BCUT2D eigenvalue weighted by Gasteiger charge is -2.04. The third-order valence-electron chi connectivity index (χ3n) is 3.64. The first kappa shape index (κ1) is 16.8. The first-order valence-corrected chi connectivity index (χ1v) is 8.97. The Bertz CT molecular complexity index is 1050. The van der Waals surface area contributed by atoms with Gasteiger partial charge in [0.2, 0.25) is 0 Å². The van der Waals surface area contributed by atoms with E-state index in [9.17, 15) is 0 Å². The molecule has 26 heavy (non-hydrogen) atoms. The van der Waals surface area contributed by atoms with Crippen LogP contribution in [0.2, 0.25) is 5.02 Å². The smallest absolute Gasteiger partial charge is 0.283 e. The van der Waals surface area contributed by atoms with E-state index in [-0.39, 0.29) is 6.61 Å². The van der Waals surface area contributed by atoms with Gasteiger partial charge in [-0.05, 0) is 48.5 Å². The van der Waals surface area contributed by atoms with Gasteiger partial charge in [0.1, 0.15) is 17.1 Å². The minimum atomic E-state index is 0.179. The summed E-state index contributed by atoms with van der Waals surface area (Å²) in [5.74, 6) is 1.07. The van der Waals surface area contributed by atoms with Crippen LogP contribution in [0.3, 0.4) is 0 Å². The van der Waals surface area contributed by atoms with Crippen molar-refractivity contribution in [3.05, 3.63) is 65.3 Å². The Morgan fingerprint density at radius 1 is 1.08 bits per heavy atom. The largest absolute Gasteiger partial charge is 0.484 e. The molecule has 130 valence electrons. The zero-order valence-corrected chi connectivity index (χ0v) is 15.3. The number of aryl methyl sites for hydroxylation is 1. The summed E-state index contributed by atoms with van der Waals surface area (Å²) in [4.78, 5) is 8.67. The van der Waals surface area contributed by atoms with Crippen LogP contribution in [0.5, 0.6) is 5.75 Å². The summed E-state index contributed by atoms with van der Waals surface area (Å²) >= 11 is 7.16. The first-order valence-electron chi connectivity index (χ1n) is 7.78. The second-order valence-corrected chi connectivity index (χ2v) is 6.83. The van der Waals surface area contributed by atoms with E-state index in [0.29, 0.717) is 21.9 Å². The molecule has 0 saturated carbocycles. The predicted molar refractivity (Wildman–Crippen MR) is 98.5 cm³/mol. The van der Waals surface area contributed by atoms with Crippen molar-refractivity contribution < 1.29 is 9.15 Å². The van der Waals surface area contributed by atoms with Crippen LogP contribution in [-0.4, -0.2) is 20.2 Å². The SMILES string of the molecule is Cc1cccc2c(Sc3nnc(COc4ccc(Cl)cc4)o3)ncnc12. The maximum Gasteiger partial charge on any atom is 0.283 e. The van der Waals surface area contributed by atoms with E-state index in [0.717, 1.165) is 21.5 Å². The number of benzene rings is 2. The van der Waals surface area contributed by atoms with Crippen LogP contribution in [0.4, 0.5) is 0 Å². The van der Waals surface area contributed by atoms with E-state index in [1.54, 1.807) is 30.6 Å². The number of fused-ring (bicyclic) bond motifs is 1. The van der Waals surface area contributed by atoms with Crippen LogP contribution in [0.1, 0.15) is 11.5 Å². The van der Waals surface area contributed by atoms with Crippen molar-refractivity contribution in [1.29, 1.82) is 0 Å². The lowest BCUT2D eigenvalue weighted by atomic mass is 10.1. The second-order valence-electron chi connectivity index (χ2n) is 5.46. The van der Waals surface area contributed by atoms with Gasteiger partial charge in [-0.1, -0.05) is 29.8 Å². The Morgan fingerprint density at radius 3 is 2.77 bits per heavy atom. The van der Waals surface area contributed by atoms with Crippen LogP contribution in [0.15, 0.2) is 63.5 Å². The van der Waals surface area contributed by atoms with Gasteiger partial charge in [-0.2, -0.15) is 0 Å². The maximum absolute atomic E-state index is 5.85. The molecule has 0 spiro atoms. The van der Waals surface area contributed by atoms with Gasteiger partial charge in [0.25, 0.3) is 11.1 Å². The molecule has 0 fully saturated rings. The minimum absolute atomic E-state index is 0.179. The zero-order chi connectivity index (χ0) is 17.9. The average molecular weight is 385 g/mol. The van der Waals surface area contributed by atoms with Crippen molar-refractivity contribution >= 4 is 34.3 Å². The highest BCUT2D eigenvalue weighted by molar-refractivity contribution is 7.99. The van der Waals surface area contributed by atoms with Gasteiger partial charge in [-0.15, -0.1) is 10.2 Å². The molecule has 2 aromatic carbocycles. The van der Waals surface area contributed by atoms with Crippen LogP contribution in [0.25, 0.3) is 10.9 Å². The fourth-order valence-corrected chi connectivity index (χ4v) is 3.27. The molecular weight excluding hydrogens is 372 g/mol. The van der Waals surface area contributed by atoms with Gasteiger partial charge in [-0.3, -0.25) is 0 Å². The standard InChI is InChI=1S/C18H13ClN4O2S/c1-11-3-2-4-14-16(11)20-10-21-17(14)26-18-23-22-15(25-18)9-24-13-7-5-12(19)6-8-13/h2-8,10H,9H2,1H3. The number of rotatable bonds is 5. The summed E-state index contributed by atoms with van der Waals surface area (Å²) in [7, 11) is 0. The molecule has 4 aromatic rings. The third-order valence-corrected chi connectivity index (χ3v) is 4.75. The summed E-state index contributed by atoms with van der Waals surface area (Å²) in [5.41, 5.74) is 2.00. The molecule has 0 saturated heterocycles. The Labute approximate surface area is 158 Å². The Morgan fingerprint density at radius 2 is 1.92 bits per heavy atom. The summed E-state index contributed by atoms with van der Waals surface area (Å²) < 4.78 is 11.2. The van der Waals surface area contributed by atoms with Crippen molar-refractivity contribution in [2.24, 2.45) is 0 Å². The Kier molecular flexibility index (Phi) is 4.73. The molecule has 0 amide bonds. The summed E-state index contributed by atoms with van der Waals surface area (Å²) in [6.45, 7) is 2.20. The molecule has 0 bridgehead atoms. The van der Waals surface area contributed by atoms with E-state index in [4.69, 9.17) is 20.8 Å². The van der Waals surface area contributed by atoms with Gasteiger partial charge in [0, 0.05) is 10.4 Å². The Balaban J connectivity index is 1.49. The topological polar surface area (TPSA) is 73.9 Å². The molecule has 6 nitrogen and oxygen atoms in total. The number of nitrogens with zero attached hydrogens (tertiary/aromatic N) is 4. The van der Waals surface area contributed by atoms with Gasteiger partial charge in [0.15, 0.2) is 6.61 Å². The number of ether oxygens (including phenoxy) is 1. The molecule has 4 rings (SSSR count). The molecule has 0 aliphatic carbocycles. The minimum Gasteiger partial charge on any atom is -0.484 e. The lowest BCUT2D eigenvalue weighted by Crippen LogP contribution is -1.95. The van der Waals surface area contributed by atoms with E-state index in [1.165, 1.54) is 11.8 Å². The number of hydrogen-bond acceptors (Lipinski definition) is 7. The van der Waals surface area contributed by atoms with Crippen molar-refractivity contribution in [3.63, 3.8) is 0 Å². The quantitative estimate of drug-likeness (QED) is 0.461. The van der Waals surface area contributed by atoms with Crippen LogP contribution in [-0.2, 0) is 6.61 Å². The fourth-order valence-electron chi connectivity index (χ4n) is 2.39. The van der Waals surface area contributed by atoms with E-state index < -0.39 is 0 Å². The van der Waals surface area contributed by atoms with Crippen molar-refractivity contribution in [1.82, 2.24) is 20.2 Å². The van der Waals surface area contributed by atoms with E-state index in [1.807, 2.05) is 25.1 Å². The molecule has 2 aromatic heterocycles. The van der Waals surface area contributed by atoms with Crippen molar-refractivity contribution in [2.75, 3.05) is 0 Å². The predicted octanol–water partition coefficient (Wildman–Crippen LogP) is 4.70. The number of halogens is 1. The summed E-state index contributed by atoms with van der Waals surface area (Å²) in [5, 5.41) is 10.8. The highest BCUT2D eigenvalue weighted by Crippen LogP contribution is 2.31. The Hall–Kier alpha value is -2.64. The molecule has 0 N–H and O–H groups in total. The molecule has 8 heteroatoms. The molecule has 0 aliphatic rings. The van der Waals surface area contributed by atoms with Gasteiger partial charge >= 0.3 is 0 Å². The molecular formula is C18H13ClN4O2S. The molecule has 0 unspecified atom stereocenters. The maximum atomic E-state index is 5.85. The number of aromatic nitrogens is 4. The van der Waals surface area contributed by atoms with Gasteiger partial charge < -0.3 is 9.15 Å². The second kappa shape index (κ2) is 7.31. The monoisotopic (exact) mass is 384 g/mol. The zero-order valence-electron chi connectivity index (χ0n) is 13.7. The molecule has 0 atom stereocenters. The highest BCUT2D eigenvalue weighted by Gasteiger charge is 2.13. The van der Waals surface area contributed by atoms with Crippen LogP contribution >= 0.6 is 23.4 Å². The molecule has 0 aliphatic heterocycles. The number of para-hydroxylation sites is 1. The summed E-state index contributed by atoms with van der Waals surface area (Å²) in [6, 6.07) is 13.0. The lowest BCUT2D eigenvalue weighted by molar-refractivity contribution is 0.252. The van der Waals surface area contributed by atoms with Crippen LogP contribution in [0, 0.1) is 6.92 Å². The average Bonchev–Trinajstić information content (AvgIpc) is 3.10. The van der Waals surface area contributed by atoms with Crippen LogP contribution < -0.4 is 4.74 Å². The van der Waals surface area contributed by atoms with Crippen molar-refractivity contribution in [3.8, 4) is 5.75 Å². The summed E-state index contributed by atoms with van der Waals surface area (Å²) in [6.07, 6.45) is 1.54. The number of hydrogen-bond donors (Lipinski definition) is 0. The third kappa shape index (κ3) is 3.63.